The summed E-state index contributed by atoms with van der Waals surface area (Å²) < 4.78 is 5.73. The van der Waals surface area contributed by atoms with Gasteiger partial charge >= 0.3 is 6.09 Å². The van der Waals surface area contributed by atoms with Crippen LogP contribution in [0.5, 0.6) is 0 Å². The molecule has 1 amide bonds. The molecule has 0 unspecified atom stereocenters. The van der Waals surface area contributed by atoms with Gasteiger partial charge in [0.15, 0.2) is 11.3 Å². The predicted octanol–water partition coefficient (Wildman–Crippen LogP) is 3.88. The van der Waals surface area contributed by atoms with Crippen molar-refractivity contribution in [1.29, 1.82) is 0 Å². The van der Waals surface area contributed by atoms with Gasteiger partial charge in [0.05, 0.1) is 0 Å². The lowest BCUT2D eigenvalue weighted by Crippen LogP contribution is -2.57. The quantitative estimate of drug-likeness (QED) is 0.889. The Balaban J connectivity index is 1.58. The highest BCUT2D eigenvalue weighted by Crippen LogP contribution is 2.46. The van der Waals surface area contributed by atoms with Crippen molar-refractivity contribution in [3.05, 3.63) is 35.5 Å². The summed E-state index contributed by atoms with van der Waals surface area (Å²) in [6.07, 6.45) is 4.94. The van der Waals surface area contributed by atoms with Crippen molar-refractivity contribution in [3.8, 4) is 0 Å². The lowest BCUT2D eigenvalue weighted by Gasteiger charge is -2.42. The first kappa shape index (κ1) is 16.5. The number of para-hydroxylation sites is 1. The van der Waals surface area contributed by atoms with Crippen LogP contribution < -0.4 is 0 Å². The minimum absolute atomic E-state index is 0.385. The van der Waals surface area contributed by atoms with Crippen molar-refractivity contribution in [2.24, 2.45) is 0 Å². The number of carbonyl (C=O) groups excluding carboxylic acids is 1. The molecule has 134 valence electrons. The van der Waals surface area contributed by atoms with Crippen molar-refractivity contribution in [2.75, 3.05) is 6.54 Å². The van der Waals surface area contributed by atoms with Gasteiger partial charge in [0.1, 0.15) is 0 Å². The molecule has 1 aliphatic heterocycles. The molecule has 2 fully saturated rings. The van der Waals surface area contributed by atoms with E-state index in [1.54, 1.807) is 6.92 Å². The Morgan fingerprint density at radius 1 is 1.24 bits per heavy atom. The number of aromatic nitrogens is 1. The number of benzene rings is 1. The first-order chi connectivity index (χ1) is 11.9. The second kappa shape index (κ2) is 5.77. The number of H-pyrrole nitrogens is 1. The van der Waals surface area contributed by atoms with Crippen LogP contribution in [0.1, 0.15) is 50.3 Å². The molecule has 0 radical (unpaired) electrons. The molecule has 2 aliphatic rings. The largest absolute Gasteiger partial charge is 0.438 e. The van der Waals surface area contributed by atoms with E-state index in [0.717, 1.165) is 43.3 Å². The molecule has 0 bridgehead atoms. The Hall–Kier alpha value is -2.01. The number of carbonyl (C=O) groups is 1. The van der Waals surface area contributed by atoms with E-state index in [4.69, 9.17) is 4.74 Å². The Morgan fingerprint density at radius 3 is 2.72 bits per heavy atom. The third kappa shape index (κ3) is 2.44. The first-order valence-electron chi connectivity index (χ1n) is 9.24. The number of hydrogen-bond acceptors (Lipinski definition) is 3. The van der Waals surface area contributed by atoms with E-state index < -0.39 is 11.3 Å². The molecule has 5 nitrogen and oxygen atoms in total. The SMILES string of the molecule is Cc1[nH]c2ccccc2c1CCN1C(=O)OC2(CCCCC2)[C@@]1(C)O. The van der Waals surface area contributed by atoms with E-state index in [1.807, 2.05) is 12.1 Å². The summed E-state index contributed by atoms with van der Waals surface area (Å²) in [7, 11) is 0. The molecule has 1 saturated carbocycles. The third-order valence-corrected chi connectivity index (χ3v) is 6.17. The summed E-state index contributed by atoms with van der Waals surface area (Å²) >= 11 is 0. The summed E-state index contributed by atoms with van der Waals surface area (Å²) in [4.78, 5) is 17.4. The number of fused-ring (bicyclic) bond motifs is 1. The van der Waals surface area contributed by atoms with Gasteiger partial charge in [-0.05, 0) is 57.6 Å². The molecule has 1 saturated heterocycles. The minimum atomic E-state index is -1.25. The van der Waals surface area contributed by atoms with E-state index in [2.05, 4.69) is 24.0 Å². The van der Waals surface area contributed by atoms with Crippen molar-refractivity contribution < 1.29 is 14.6 Å². The van der Waals surface area contributed by atoms with Gasteiger partial charge in [-0.1, -0.05) is 24.6 Å². The highest BCUT2D eigenvalue weighted by atomic mass is 16.6. The van der Waals surface area contributed by atoms with Crippen LogP contribution in [0.15, 0.2) is 24.3 Å². The van der Waals surface area contributed by atoms with E-state index in [9.17, 15) is 9.90 Å². The number of hydrogen-bond donors (Lipinski definition) is 2. The predicted molar refractivity (Wildman–Crippen MR) is 96.4 cm³/mol. The molecule has 2 heterocycles. The molecule has 1 aromatic heterocycles. The lowest BCUT2D eigenvalue weighted by atomic mass is 9.77. The third-order valence-electron chi connectivity index (χ3n) is 6.17. The molecule has 5 heteroatoms. The number of aliphatic hydroxyl groups is 1. The van der Waals surface area contributed by atoms with Gasteiger partial charge in [-0.15, -0.1) is 0 Å². The lowest BCUT2D eigenvalue weighted by molar-refractivity contribution is -0.158. The molecular formula is C20H26N2O3. The molecule has 25 heavy (non-hydrogen) atoms. The van der Waals surface area contributed by atoms with Crippen molar-refractivity contribution in [3.63, 3.8) is 0 Å². The van der Waals surface area contributed by atoms with Crippen LogP contribution in [0.2, 0.25) is 0 Å². The second-order valence-corrected chi connectivity index (χ2v) is 7.62. The molecule has 1 atom stereocenters. The summed E-state index contributed by atoms with van der Waals surface area (Å²) in [5, 5.41) is 12.4. The van der Waals surface area contributed by atoms with Crippen molar-refractivity contribution in [1.82, 2.24) is 9.88 Å². The number of amides is 1. The fraction of sp³-hybridized carbons (Fsp3) is 0.550. The molecule has 1 aliphatic carbocycles. The number of aryl methyl sites for hydroxylation is 1. The number of ether oxygens (including phenoxy) is 1. The Morgan fingerprint density at radius 2 is 1.96 bits per heavy atom. The molecule has 1 spiro atoms. The van der Waals surface area contributed by atoms with Crippen LogP contribution in [0, 0.1) is 6.92 Å². The summed E-state index contributed by atoms with van der Waals surface area (Å²) in [6.45, 7) is 4.25. The van der Waals surface area contributed by atoms with Gasteiger partial charge in [-0.3, -0.25) is 4.90 Å². The maximum atomic E-state index is 12.5. The van der Waals surface area contributed by atoms with Crippen LogP contribution in [-0.4, -0.2) is 39.0 Å². The Bertz CT molecular complexity index is 802. The maximum absolute atomic E-state index is 12.5. The smallest absolute Gasteiger partial charge is 0.412 e. The van der Waals surface area contributed by atoms with Crippen LogP contribution in [0.25, 0.3) is 10.9 Å². The maximum Gasteiger partial charge on any atom is 0.412 e. The van der Waals surface area contributed by atoms with Gasteiger partial charge in [0.25, 0.3) is 0 Å². The van der Waals surface area contributed by atoms with Gasteiger partial charge in [-0.25, -0.2) is 4.79 Å². The van der Waals surface area contributed by atoms with Crippen LogP contribution in [-0.2, 0) is 11.2 Å². The average molecular weight is 342 g/mol. The van der Waals surface area contributed by atoms with Crippen LogP contribution in [0.4, 0.5) is 4.79 Å². The number of nitrogens with zero attached hydrogens (tertiary/aromatic N) is 1. The topological polar surface area (TPSA) is 65.6 Å². The van der Waals surface area contributed by atoms with Gasteiger partial charge in [-0.2, -0.15) is 0 Å². The Kier molecular flexibility index (Phi) is 3.80. The molecule has 2 N–H and O–H groups in total. The second-order valence-electron chi connectivity index (χ2n) is 7.62. The monoisotopic (exact) mass is 342 g/mol. The fourth-order valence-electron chi connectivity index (χ4n) is 4.63. The van der Waals surface area contributed by atoms with E-state index >= 15 is 0 Å². The van der Waals surface area contributed by atoms with E-state index in [-0.39, 0.29) is 6.09 Å². The first-order valence-corrected chi connectivity index (χ1v) is 9.24. The van der Waals surface area contributed by atoms with E-state index in [1.165, 1.54) is 15.8 Å². The standard InChI is InChI=1S/C20H26N2O3/c1-14-15(16-8-4-5-9-17(16)21-14)10-13-22-18(23)25-20(19(22,2)24)11-6-3-7-12-20/h4-5,8-9,21,24H,3,6-7,10-13H2,1-2H3/t19-/m1/s1. The molecular weight excluding hydrogens is 316 g/mol. The van der Waals surface area contributed by atoms with Crippen LogP contribution >= 0.6 is 0 Å². The zero-order chi connectivity index (χ0) is 17.7. The highest BCUT2D eigenvalue weighted by Gasteiger charge is 2.61. The summed E-state index contributed by atoms with van der Waals surface area (Å²) in [5.74, 6) is 0. The zero-order valence-electron chi connectivity index (χ0n) is 15.0. The minimum Gasteiger partial charge on any atom is -0.438 e. The number of rotatable bonds is 3. The number of aromatic amines is 1. The number of nitrogens with one attached hydrogen (secondary N) is 1. The Labute approximate surface area is 148 Å². The summed E-state index contributed by atoms with van der Waals surface area (Å²) in [5.41, 5.74) is 1.43. The molecule has 4 rings (SSSR count). The molecule has 2 aromatic rings. The van der Waals surface area contributed by atoms with Crippen LogP contribution in [0.3, 0.4) is 0 Å². The fourth-order valence-corrected chi connectivity index (χ4v) is 4.63. The van der Waals surface area contributed by atoms with E-state index in [0.29, 0.717) is 13.0 Å². The van der Waals surface area contributed by atoms with Gasteiger partial charge < -0.3 is 14.8 Å². The van der Waals surface area contributed by atoms with Gasteiger partial charge in [0, 0.05) is 23.1 Å². The van der Waals surface area contributed by atoms with Gasteiger partial charge in [0.2, 0.25) is 0 Å². The van der Waals surface area contributed by atoms with Crippen molar-refractivity contribution >= 4 is 17.0 Å². The average Bonchev–Trinajstić information content (AvgIpc) is 2.99. The zero-order valence-corrected chi connectivity index (χ0v) is 15.0. The normalized spacial score (nSPS) is 25.7. The highest BCUT2D eigenvalue weighted by molar-refractivity contribution is 5.84. The summed E-state index contributed by atoms with van der Waals surface area (Å²) in [6, 6.07) is 8.19. The van der Waals surface area contributed by atoms with Crippen molar-refractivity contribution in [2.45, 2.75) is 63.7 Å². The molecule has 1 aromatic carbocycles.